The number of aromatic nitrogens is 2. The molecular weight excluding hydrogens is 160 g/mol. The highest BCUT2D eigenvalue weighted by atomic mass is 15.1. The Bertz CT molecular complexity index is 312. The van der Waals surface area contributed by atoms with E-state index in [1.807, 2.05) is 0 Å². The Morgan fingerprint density at radius 1 is 1.54 bits per heavy atom. The fraction of sp³-hybridized carbons (Fsp3) is 0.727. The predicted octanol–water partition coefficient (Wildman–Crippen LogP) is 2.34. The Morgan fingerprint density at radius 3 is 3.00 bits per heavy atom. The van der Waals surface area contributed by atoms with Gasteiger partial charge in [0.1, 0.15) is 5.82 Å². The van der Waals surface area contributed by atoms with Crippen LogP contribution < -0.4 is 0 Å². The van der Waals surface area contributed by atoms with E-state index in [2.05, 4.69) is 30.3 Å². The zero-order chi connectivity index (χ0) is 9.42. The smallest absolute Gasteiger partial charge is 0.109 e. The summed E-state index contributed by atoms with van der Waals surface area (Å²) in [5.74, 6) is 2.14. The number of fused-ring (bicyclic) bond motifs is 1. The van der Waals surface area contributed by atoms with Crippen molar-refractivity contribution in [1.82, 2.24) is 9.55 Å². The van der Waals surface area contributed by atoms with Crippen LogP contribution in [-0.4, -0.2) is 9.55 Å². The quantitative estimate of drug-likeness (QED) is 0.645. The number of hydrogen-bond donors (Lipinski definition) is 0. The molecule has 2 rings (SSSR count). The molecule has 0 aromatic carbocycles. The van der Waals surface area contributed by atoms with Gasteiger partial charge in [0.05, 0.1) is 5.69 Å². The molecule has 0 bridgehead atoms. The van der Waals surface area contributed by atoms with Crippen molar-refractivity contribution >= 4 is 0 Å². The molecule has 0 N–H and O–H groups in total. The second kappa shape index (κ2) is 3.17. The third kappa shape index (κ3) is 1.38. The zero-order valence-corrected chi connectivity index (χ0v) is 8.80. The van der Waals surface area contributed by atoms with Gasteiger partial charge in [-0.05, 0) is 25.7 Å². The maximum Gasteiger partial charge on any atom is 0.109 e. The van der Waals surface area contributed by atoms with Gasteiger partial charge < -0.3 is 4.57 Å². The molecule has 1 atom stereocenters. The van der Waals surface area contributed by atoms with Gasteiger partial charge in [0.25, 0.3) is 0 Å². The number of nitrogens with zero attached hydrogens (tertiary/aromatic N) is 2. The summed E-state index contributed by atoms with van der Waals surface area (Å²) in [5, 5.41) is 0. The number of hydrogen-bond acceptors (Lipinski definition) is 1. The summed E-state index contributed by atoms with van der Waals surface area (Å²) in [6, 6.07) is 0. The lowest BCUT2D eigenvalue weighted by molar-refractivity contribution is 0.389. The summed E-state index contributed by atoms with van der Waals surface area (Å²) in [5.41, 5.74) is 2.69. The monoisotopic (exact) mass is 178 g/mol. The average Bonchev–Trinajstić information content (AvgIpc) is 2.44. The van der Waals surface area contributed by atoms with Gasteiger partial charge in [-0.2, -0.15) is 0 Å². The normalized spacial score (nSPS) is 21.6. The summed E-state index contributed by atoms with van der Waals surface area (Å²) >= 11 is 0. The van der Waals surface area contributed by atoms with Crippen molar-refractivity contribution in [3.05, 3.63) is 17.2 Å². The van der Waals surface area contributed by atoms with E-state index in [1.54, 1.807) is 0 Å². The second-order valence-electron chi connectivity index (χ2n) is 4.17. The zero-order valence-electron chi connectivity index (χ0n) is 8.80. The Kier molecular flexibility index (Phi) is 2.14. The van der Waals surface area contributed by atoms with Gasteiger partial charge in [-0.15, -0.1) is 0 Å². The highest BCUT2D eigenvalue weighted by Gasteiger charge is 2.19. The maximum atomic E-state index is 4.67. The molecule has 2 nitrogen and oxygen atoms in total. The third-order valence-electron chi connectivity index (χ3n) is 3.09. The van der Waals surface area contributed by atoms with Crippen LogP contribution in [0.5, 0.6) is 0 Å². The van der Waals surface area contributed by atoms with Crippen LogP contribution in [0.25, 0.3) is 0 Å². The van der Waals surface area contributed by atoms with Crippen molar-refractivity contribution < 1.29 is 0 Å². The molecule has 1 unspecified atom stereocenters. The van der Waals surface area contributed by atoms with Gasteiger partial charge in [0, 0.05) is 18.7 Å². The Hall–Kier alpha value is -0.790. The first-order valence-corrected chi connectivity index (χ1v) is 5.27. The highest BCUT2D eigenvalue weighted by molar-refractivity contribution is 5.17. The summed E-state index contributed by atoms with van der Waals surface area (Å²) in [4.78, 5) is 4.67. The minimum atomic E-state index is 0.824. The average molecular weight is 178 g/mol. The predicted molar refractivity (Wildman–Crippen MR) is 53.8 cm³/mol. The van der Waals surface area contributed by atoms with Crippen LogP contribution in [0.4, 0.5) is 0 Å². The first kappa shape index (κ1) is 8.79. The van der Waals surface area contributed by atoms with Crippen LogP contribution in [0.1, 0.15) is 37.5 Å². The topological polar surface area (TPSA) is 17.8 Å². The number of aryl methyl sites for hydroxylation is 2. The van der Waals surface area contributed by atoms with Gasteiger partial charge in [-0.3, -0.25) is 0 Å². The van der Waals surface area contributed by atoms with Crippen molar-refractivity contribution in [3.63, 3.8) is 0 Å². The van der Waals surface area contributed by atoms with E-state index in [0.29, 0.717) is 0 Å². The summed E-state index contributed by atoms with van der Waals surface area (Å²) in [6.07, 6.45) is 3.54. The highest BCUT2D eigenvalue weighted by Crippen LogP contribution is 2.22. The molecule has 13 heavy (non-hydrogen) atoms. The minimum Gasteiger partial charge on any atom is -0.332 e. The fourth-order valence-electron chi connectivity index (χ4n) is 2.19. The summed E-state index contributed by atoms with van der Waals surface area (Å²) in [7, 11) is 0. The van der Waals surface area contributed by atoms with Crippen molar-refractivity contribution in [3.8, 4) is 0 Å². The molecule has 1 aliphatic rings. The van der Waals surface area contributed by atoms with Crippen LogP contribution in [0.2, 0.25) is 0 Å². The molecule has 0 saturated carbocycles. The van der Waals surface area contributed by atoms with Crippen LogP contribution in [0.15, 0.2) is 0 Å². The standard InChI is InChI=1S/C11H18N2/c1-4-10-9(3)13-7-8(2)5-6-11(13)12-10/h8H,4-7H2,1-3H3. The lowest BCUT2D eigenvalue weighted by atomic mass is 10.0. The molecular formula is C11H18N2. The van der Waals surface area contributed by atoms with Crippen molar-refractivity contribution in [1.29, 1.82) is 0 Å². The number of rotatable bonds is 1. The molecule has 1 aliphatic heterocycles. The molecule has 1 aromatic heterocycles. The molecule has 0 saturated heterocycles. The van der Waals surface area contributed by atoms with E-state index >= 15 is 0 Å². The van der Waals surface area contributed by atoms with Gasteiger partial charge in [-0.25, -0.2) is 4.98 Å². The van der Waals surface area contributed by atoms with Gasteiger partial charge in [-0.1, -0.05) is 13.8 Å². The molecule has 2 heterocycles. The number of imidazole rings is 1. The lowest BCUT2D eigenvalue weighted by Crippen LogP contribution is -2.18. The van der Waals surface area contributed by atoms with Crippen molar-refractivity contribution in [2.45, 2.75) is 46.6 Å². The van der Waals surface area contributed by atoms with Crippen molar-refractivity contribution in [2.24, 2.45) is 5.92 Å². The first-order valence-electron chi connectivity index (χ1n) is 5.27. The summed E-state index contributed by atoms with van der Waals surface area (Å²) < 4.78 is 2.41. The molecule has 1 aromatic rings. The third-order valence-corrected chi connectivity index (χ3v) is 3.09. The summed E-state index contributed by atoms with van der Waals surface area (Å²) in [6.45, 7) is 7.89. The lowest BCUT2D eigenvalue weighted by Gasteiger charge is -2.21. The van der Waals surface area contributed by atoms with E-state index in [9.17, 15) is 0 Å². The minimum absolute atomic E-state index is 0.824. The Labute approximate surface area is 80.0 Å². The fourth-order valence-corrected chi connectivity index (χ4v) is 2.19. The Morgan fingerprint density at radius 2 is 2.31 bits per heavy atom. The van der Waals surface area contributed by atoms with Gasteiger partial charge in [0.2, 0.25) is 0 Å². The van der Waals surface area contributed by atoms with Gasteiger partial charge in [0.15, 0.2) is 0 Å². The first-order chi connectivity index (χ1) is 6.22. The molecule has 0 amide bonds. The SMILES string of the molecule is CCc1nc2n(c1C)CC(C)CC2. The van der Waals surface area contributed by atoms with Crippen molar-refractivity contribution in [2.75, 3.05) is 0 Å². The molecule has 2 heteroatoms. The van der Waals surface area contributed by atoms with Crippen LogP contribution in [-0.2, 0) is 19.4 Å². The Balaban J connectivity index is 2.40. The molecule has 0 fully saturated rings. The van der Waals surface area contributed by atoms with Crippen LogP contribution in [0.3, 0.4) is 0 Å². The largest absolute Gasteiger partial charge is 0.332 e. The van der Waals surface area contributed by atoms with E-state index in [4.69, 9.17) is 0 Å². The molecule has 0 spiro atoms. The van der Waals surface area contributed by atoms with E-state index in [-0.39, 0.29) is 0 Å². The van der Waals surface area contributed by atoms with Crippen LogP contribution in [0, 0.1) is 12.8 Å². The molecule has 0 aliphatic carbocycles. The van der Waals surface area contributed by atoms with E-state index < -0.39 is 0 Å². The van der Waals surface area contributed by atoms with E-state index in [0.717, 1.165) is 12.3 Å². The second-order valence-corrected chi connectivity index (χ2v) is 4.17. The molecule has 0 radical (unpaired) electrons. The maximum absolute atomic E-state index is 4.67. The van der Waals surface area contributed by atoms with Gasteiger partial charge >= 0.3 is 0 Å². The molecule has 72 valence electrons. The van der Waals surface area contributed by atoms with E-state index in [1.165, 1.54) is 36.6 Å². The van der Waals surface area contributed by atoms with Crippen LogP contribution >= 0.6 is 0 Å².